The Labute approximate surface area is 151 Å². The Bertz CT molecular complexity index is 624. The normalized spacial score (nSPS) is 15.6. The minimum absolute atomic E-state index is 0.178. The third-order valence-electron chi connectivity index (χ3n) is 3.59. The van der Waals surface area contributed by atoms with Crippen LogP contribution in [0.5, 0.6) is 11.5 Å². The minimum Gasteiger partial charge on any atom is -0.481 e. The summed E-state index contributed by atoms with van der Waals surface area (Å²) in [6.07, 6.45) is -9.83. The van der Waals surface area contributed by atoms with Gasteiger partial charge >= 0.3 is 18.7 Å². The Hall–Kier alpha value is -2.33. The van der Waals surface area contributed by atoms with Crippen LogP contribution in [0.15, 0.2) is 18.2 Å². The summed E-state index contributed by atoms with van der Waals surface area (Å²) < 4.78 is 81.4. The third-order valence-corrected chi connectivity index (χ3v) is 3.59. The second-order valence-electron chi connectivity index (χ2n) is 5.33. The van der Waals surface area contributed by atoms with Crippen molar-refractivity contribution >= 4 is 11.7 Å². The molecule has 1 fully saturated rings. The van der Waals surface area contributed by atoms with Gasteiger partial charge in [-0.15, -0.1) is 26.3 Å². The number of hydrogen-bond donors (Lipinski definition) is 1. The van der Waals surface area contributed by atoms with Gasteiger partial charge < -0.3 is 19.5 Å². The molecule has 1 aromatic rings. The lowest BCUT2D eigenvalue weighted by atomic mass is 9.97. The summed E-state index contributed by atoms with van der Waals surface area (Å²) in [6.45, 7) is 4.48. The molecule has 0 aromatic heterocycles. The topological polar surface area (TPSA) is 59.0 Å². The molecule has 0 unspecified atom stereocenters. The molecule has 154 valence electrons. The van der Waals surface area contributed by atoms with Crippen LogP contribution < -0.4 is 14.4 Å². The van der Waals surface area contributed by atoms with Crippen LogP contribution in [0.3, 0.4) is 0 Å². The van der Waals surface area contributed by atoms with E-state index in [1.54, 1.807) is 4.90 Å². The molecule has 11 heteroatoms. The van der Waals surface area contributed by atoms with Crippen LogP contribution in [0, 0.1) is 5.92 Å². The van der Waals surface area contributed by atoms with Crippen molar-refractivity contribution in [2.45, 2.75) is 39.4 Å². The van der Waals surface area contributed by atoms with E-state index in [0.717, 1.165) is 18.2 Å². The molecular formula is C16H19F6NO4. The lowest BCUT2D eigenvalue weighted by Crippen LogP contribution is -2.36. The lowest BCUT2D eigenvalue weighted by Gasteiger charge is -2.32. The number of carboxylic acids is 1. The number of rotatable bonds is 4. The lowest BCUT2D eigenvalue weighted by molar-refractivity contribution is -0.287. The molecule has 0 amide bonds. The van der Waals surface area contributed by atoms with Gasteiger partial charge in [-0.05, 0) is 25.0 Å². The number of halogens is 6. The zero-order valence-electron chi connectivity index (χ0n) is 14.5. The second-order valence-corrected chi connectivity index (χ2v) is 5.33. The fraction of sp³-hybridized carbons (Fsp3) is 0.562. The Morgan fingerprint density at radius 2 is 1.48 bits per heavy atom. The predicted octanol–water partition coefficient (Wildman–Crippen LogP) is 4.81. The van der Waals surface area contributed by atoms with E-state index in [-0.39, 0.29) is 31.6 Å². The van der Waals surface area contributed by atoms with Crippen LogP contribution in [-0.4, -0.2) is 36.9 Å². The van der Waals surface area contributed by atoms with Gasteiger partial charge in [0.1, 0.15) is 0 Å². The molecule has 27 heavy (non-hydrogen) atoms. The highest BCUT2D eigenvalue weighted by molar-refractivity contribution is 5.70. The van der Waals surface area contributed by atoms with Gasteiger partial charge in [0.2, 0.25) is 0 Å². The number of alkyl halides is 6. The zero-order chi connectivity index (χ0) is 20.8. The van der Waals surface area contributed by atoms with Crippen LogP contribution in [-0.2, 0) is 4.79 Å². The highest BCUT2D eigenvalue weighted by Crippen LogP contribution is 2.39. The van der Waals surface area contributed by atoms with Crippen molar-refractivity contribution in [1.29, 1.82) is 0 Å². The van der Waals surface area contributed by atoms with Gasteiger partial charge in [0, 0.05) is 24.8 Å². The molecule has 1 N–H and O–H groups in total. The Kier molecular flexibility index (Phi) is 7.61. The van der Waals surface area contributed by atoms with E-state index in [0.29, 0.717) is 0 Å². The van der Waals surface area contributed by atoms with Crippen LogP contribution >= 0.6 is 0 Å². The number of benzene rings is 1. The average molecular weight is 403 g/mol. The SMILES string of the molecule is CC.O=C(O)C1CCN(c2ccc(OC(F)(F)F)c(OC(F)(F)F)c2)CC1. The van der Waals surface area contributed by atoms with Gasteiger partial charge in [-0.2, -0.15) is 0 Å². The number of piperidine rings is 1. The highest BCUT2D eigenvalue weighted by atomic mass is 19.4. The van der Waals surface area contributed by atoms with E-state index < -0.39 is 36.1 Å². The minimum atomic E-state index is -5.20. The van der Waals surface area contributed by atoms with Crippen molar-refractivity contribution in [3.8, 4) is 11.5 Å². The smallest absolute Gasteiger partial charge is 0.481 e. The van der Waals surface area contributed by atoms with Crippen molar-refractivity contribution in [2.24, 2.45) is 5.92 Å². The summed E-state index contributed by atoms with van der Waals surface area (Å²) in [5, 5.41) is 8.92. The number of carbonyl (C=O) groups is 1. The fourth-order valence-corrected chi connectivity index (χ4v) is 2.49. The number of anilines is 1. The van der Waals surface area contributed by atoms with E-state index in [1.165, 1.54) is 0 Å². The van der Waals surface area contributed by atoms with Crippen molar-refractivity contribution in [2.75, 3.05) is 18.0 Å². The first-order valence-electron chi connectivity index (χ1n) is 8.08. The van der Waals surface area contributed by atoms with E-state index in [2.05, 4.69) is 9.47 Å². The number of nitrogens with zero attached hydrogens (tertiary/aromatic N) is 1. The molecule has 2 rings (SSSR count). The van der Waals surface area contributed by atoms with E-state index in [4.69, 9.17) is 5.11 Å². The van der Waals surface area contributed by atoms with Gasteiger partial charge in [-0.25, -0.2) is 0 Å². The molecule has 0 aliphatic carbocycles. The zero-order valence-corrected chi connectivity index (χ0v) is 14.5. The van der Waals surface area contributed by atoms with Crippen molar-refractivity contribution in [3.63, 3.8) is 0 Å². The first-order valence-corrected chi connectivity index (χ1v) is 8.08. The molecule has 0 saturated carbocycles. The van der Waals surface area contributed by atoms with Crippen LogP contribution in [0.1, 0.15) is 26.7 Å². The van der Waals surface area contributed by atoms with E-state index >= 15 is 0 Å². The molecule has 1 heterocycles. The first kappa shape index (κ1) is 22.7. The van der Waals surface area contributed by atoms with Gasteiger partial charge in [-0.3, -0.25) is 4.79 Å². The summed E-state index contributed by atoms with van der Waals surface area (Å²) in [7, 11) is 0. The summed E-state index contributed by atoms with van der Waals surface area (Å²) in [5.41, 5.74) is 0.178. The second kappa shape index (κ2) is 9.05. The molecule has 0 bridgehead atoms. The quantitative estimate of drug-likeness (QED) is 0.732. The molecular weight excluding hydrogens is 384 g/mol. The summed E-state index contributed by atoms with van der Waals surface area (Å²) in [5.74, 6) is -3.76. The van der Waals surface area contributed by atoms with Crippen molar-refractivity contribution < 1.29 is 45.7 Å². The van der Waals surface area contributed by atoms with Crippen LogP contribution in [0.4, 0.5) is 32.0 Å². The highest BCUT2D eigenvalue weighted by Gasteiger charge is 2.37. The summed E-state index contributed by atoms with van der Waals surface area (Å²) >= 11 is 0. The van der Waals surface area contributed by atoms with Crippen LogP contribution in [0.25, 0.3) is 0 Å². The number of carboxylic acid groups (broad SMARTS) is 1. The fourth-order valence-electron chi connectivity index (χ4n) is 2.49. The Morgan fingerprint density at radius 3 is 1.93 bits per heavy atom. The maximum absolute atomic E-state index is 12.4. The molecule has 1 saturated heterocycles. The van der Waals surface area contributed by atoms with Crippen LogP contribution in [0.2, 0.25) is 0 Å². The molecule has 5 nitrogen and oxygen atoms in total. The molecule has 1 aliphatic heterocycles. The first-order chi connectivity index (χ1) is 12.4. The van der Waals surface area contributed by atoms with Gasteiger partial charge in [0.15, 0.2) is 11.5 Å². The van der Waals surface area contributed by atoms with E-state index in [9.17, 15) is 31.1 Å². The Morgan fingerprint density at radius 1 is 1.00 bits per heavy atom. The maximum atomic E-state index is 12.4. The third kappa shape index (κ3) is 7.43. The standard InChI is InChI=1S/C14H13F6NO4.C2H6/c15-13(16,17)24-10-2-1-9(7-11(10)25-14(18,19)20)21-5-3-8(4-6-21)12(22)23;1-2/h1-2,7-8H,3-6H2,(H,22,23);1-2H3. The monoisotopic (exact) mass is 403 g/mol. The predicted molar refractivity (Wildman–Crippen MR) is 83.7 cm³/mol. The average Bonchev–Trinajstić information content (AvgIpc) is 2.56. The number of aliphatic carboxylic acids is 1. The molecule has 1 aromatic carbocycles. The van der Waals surface area contributed by atoms with Crippen molar-refractivity contribution in [3.05, 3.63) is 18.2 Å². The molecule has 0 spiro atoms. The van der Waals surface area contributed by atoms with Gasteiger partial charge in [-0.1, -0.05) is 13.8 Å². The summed E-state index contributed by atoms with van der Waals surface area (Å²) in [4.78, 5) is 12.5. The molecule has 0 radical (unpaired) electrons. The molecule has 0 atom stereocenters. The molecule has 1 aliphatic rings. The largest absolute Gasteiger partial charge is 0.573 e. The van der Waals surface area contributed by atoms with Crippen molar-refractivity contribution in [1.82, 2.24) is 0 Å². The van der Waals surface area contributed by atoms with E-state index in [1.807, 2.05) is 13.8 Å². The maximum Gasteiger partial charge on any atom is 0.573 e. The van der Waals surface area contributed by atoms with Gasteiger partial charge in [0.05, 0.1) is 5.92 Å². The van der Waals surface area contributed by atoms with Gasteiger partial charge in [0.25, 0.3) is 0 Å². The Balaban J connectivity index is 0.00000176. The number of hydrogen-bond acceptors (Lipinski definition) is 4. The number of ether oxygens (including phenoxy) is 2. The summed E-state index contributed by atoms with van der Waals surface area (Å²) in [6, 6.07) is 2.67.